The second-order valence-electron chi connectivity index (χ2n) is 7.35. The fourth-order valence-electron chi connectivity index (χ4n) is 3.87. The molecule has 1 aliphatic heterocycles. The molecule has 0 radical (unpaired) electrons. The number of hydrogen-bond acceptors (Lipinski definition) is 4. The van der Waals surface area contributed by atoms with Gasteiger partial charge in [0.05, 0.1) is 43.9 Å². The van der Waals surface area contributed by atoms with E-state index in [4.69, 9.17) is 4.74 Å². The summed E-state index contributed by atoms with van der Waals surface area (Å²) >= 11 is 0. The Morgan fingerprint density at radius 3 is 2.28 bits per heavy atom. The summed E-state index contributed by atoms with van der Waals surface area (Å²) in [5, 5.41) is 0. The number of hydrogen-bond donors (Lipinski definition) is 2. The molecule has 7 heteroatoms. The molecule has 7 nitrogen and oxygen atoms in total. The van der Waals surface area contributed by atoms with Crippen LogP contribution >= 0.6 is 0 Å². The van der Waals surface area contributed by atoms with Crippen molar-refractivity contribution >= 4 is 17.7 Å². The first-order valence-corrected chi connectivity index (χ1v) is 9.99. The molecular weight excluding hydrogens is 370 g/mol. The lowest BCUT2D eigenvalue weighted by atomic mass is 10.0. The summed E-state index contributed by atoms with van der Waals surface area (Å²) in [5.41, 5.74) is 2.79. The number of benzene rings is 1. The van der Waals surface area contributed by atoms with Crippen molar-refractivity contribution in [3.8, 4) is 0 Å². The number of aromatic amines is 1. The number of nitrogens with one attached hydrogen (secondary N) is 2. The lowest BCUT2D eigenvalue weighted by molar-refractivity contribution is -0.895. The van der Waals surface area contributed by atoms with Crippen LogP contribution in [0.5, 0.6) is 0 Å². The summed E-state index contributed by atoms with van der Waals surface area (Å²) in [6.45, 7) is 8.47. The number of ether oxygens (including phenoxy) is 1. The molecule has 2 heterocycles. The molecule has 1 saturated heterocycles. The number of rotatable bonds is 6. The van der Waals surface area contributed by atoms with Gasteiger partial charge in [0.1, 0.15) is 6.54 Å². The quantitative estimate of drug-likeness (QED) is 0.562. The molecule has 2 N–H and O–H groups in total. The summed E-state index contributed by atoms with van der Waals surface area (Å²) in [6.07, 6.45) is 0. The minimum Gasteiger partial charge on any atom is -0.462 e. The van der Waals surface area contributed by atoms with Gasteiger partial charge in [0.15, 0.2) is 0 Å². The highest BCUT2D eigenvalue weighted by Crippen LogP contribution is 2.20. The third-order valence-electron chi connectivity index (χ3n) is 5.32. The zero-order valence-corrected chi connectivity index (χ0v) is 17.2. The van der Waals surface area contributed by atoms with Gasteiger partial charge in [-0.05, 0) is 32.9 Å². The minimum atomic E-state index is -0.467. The van der Waals surface area contributed by atoms with Gasteiger partial charge in [0, 0.05) is 17.0 Å². The van der Waals surface area contributed by atoms with Crippen LogP contribution in [0, 0.1) is 13.8 Å². The highest BCUT2D eigenvalue weighted by molar-refractivity contribution is 6.08. The Bertz CT molecular complexity index is 896. The number of carbonyl (C=O) groups is 3. The Morgan fingerprint density at radius 2 is 1.66 bits per heavy atom. The third-order valence-corrected chi connectivity index (χ3v) is 5.32. The first kappa shape index (κ1) is 20.8. The van der Waals surface area contributed by atoms with Gasteiger partial charge in [-0.1, -0.05) is 18.2 Å². The number of esters is 1. The molecule has 1 fully saturated rings. The number of aromatic nitrogens is 1. The van der Waals surface area contributed by atoms with E-state index in [0.29, 0.717) is 54.3 Å². The molecule has 0 atom stereocenters. The number of nitrogens with zero attached hydrogens (tertiary/aromatic N) is 1. The summed E-state index contributed by atoms with van der Waals surface area (Å²) in [6, 6.07) is 9.24. The molecule has 3 rings (SSSR count). The van der Waals surface area contributed by atoms with Crippen LogP contribution in [0.1, 0.15) is 49.4 Å². The Labute approximate surface area is 170 Å². The number of carbonyl (C=O) groups excluding carboxylic acids is 3. The van der Waals surface area contributed by atoms with Crippen molar-refractivity contribution < 1.29 is 24.0 Å². The molecule has 0 bridgehead atoms. The molecule has 1 aromatic heterocycles. The van der Waals surface area contributed by atoms with Crippen LogP contribution < -0.4 is 4.90 Å². The van der Waals surface area contributed by atoms with E-state index in [1.54, 1.807) is 20.8 Å². The molecule has 0 saturated carbocycles. The standard InChI is InChI=1S/C22H27N3O4/c1-4-29-22(28)20-16(3)23-15(2)19(20)18(26)14-24-10-12-25(13-11-24)21(27)17-8-6-5-7-9-17/h5-9,23H,4,10-14H2,1-3H3/p+1. The van der Waals surface area contributed by atoms with E-state index < -0.39 is 5.97 Å². The molecule has 1 aliphatic rings. The van der Waals surface area contributed by atoms with Crippen molar-refractivity contribution in [1.29, 1.82) is 0 Å². The highest BCUT2D eigenvalue weighted by atomic mass is 16.5. The maximum Gasteiger partial charge on any atom is 0.340 e. The molecule has 154 valence electrons. The summed E-state index contributed by atoms with van der Waals surface area (Å²) in [5.74, 6) is -0.517. The van der Waals surface area contributed by atoms with Crippen molar-refractivity contribution in [2.75, 3.05) is 39.3 Å². The van der Waals surface area contributed by atoms with Gasteiger partial charge in [-0.3, -0.25) is 9.59 Å². The summed E-state index contributed by atoms with van der Waals surface area (Å²) in [7, 11) is 0. The Balaban J connectivity index is 1.63. The summed E-state index contributed by atoms with van der Waals surface area (Å²) in [4.78, 5) is 43.9. The Hall–Kier alpha value is -2.93. The molecule has 1 aromatic carbocycles. The fraction of sp³-hybridized carbons (Fsp3) is 0.409. The van der Waals surface area contributed by atoms with Crippen molar-refractivity contribution in [2.45, 2.75) is 20.8 Å². The zero-order chi connectivity index (χ0) is 21.0. The Kier molecular flexibility index (Phi) is 6.49. The molecule has 2 aromatic rings. The van der Waals surface area contributed by atoms with E-state index in [1.807, 2.05) is 35.2 Å². The molecule has 0 unspecified atom stereocenters. The predicted molar refractivity (Wildman–Crippen MR) is 108 cm³/mol. The second kappa shape index (κ2) is 9.05. The third kappa shape index (κ3) is 4.56. The van der Waals surface area contributed by atoms with Crippen LogP contribution in [0.2, 0.25) is 0 Å². The average Bonchev–Trinajstić information content (AvgIpc) is 3.02. The highest BCUT2D eigenvalue weighted by Gasteiger charge is 2.30. The van der Waals surface area contributed by atoms with Gasteiger partial charge in [-0.15, -0.1) is 0 Å². The average molecular weight is 398 g/mol. The van der Waals surface area contributed by atoms with Crippen LogP contribution in [0.15, 0.2) is 30.3 Å². The molecule has 29 heavy (non-hydrogen) atoms. The maximum atomic E-state index is 13.0. The maximum absolute atomic E-state index is 13.0. The molecule has 1 amide bonds. The van der Waals surface area contributed by atoms with Gasteiger partial charge >= 0.3 is 5.97 Å². The van der Waals surface area contributed by atoms with Crippen molar-refractivity contribution in [1.82, 2.24) is 9.88 Å². The van der Waals surface area contributed by atoms with E-state index in [-0.39, 0.29) is 24.8 Å². The number of piperazine rings is 1. The summed E-state index contributed by atoms with van der Waals surface area (Å²) < 4.78 is 5.12. The first-order valence-electron chi connectivity index (χ1n) is 9.99. The number of aryl methyl sites for hydroxylation is 2. The zero-order valence-electron chi connectivity index (χ0n) is 17.2. The van der Waals surface area contributed by atoms with Crippen LogP contribution in [-0.2, 0) is 4.74 Å². The van der Waals surface area contributed by atoms with E-state index >= 15 is 0 Å². The van der Waals surface area contributed by atoms with Gasteiger partial charge in [-0.2, -0.15) is 0 Å². The topological polar surface area (TPSA) is 83.9 Å². The van der Waals surface area contributed by atoms with Gasteiger partial charge in [0.25, 0.3) is 5.91 Å². The van der Waals surface area contributed by atoms with E-state index in [9.17, 15) is 14.4 Å². The van der Waals surface area contributed by atoms with Crippen LogP contribution in [0.25, 0.3) is 0 Å². The van der Waals surface area contributed by atoms with Gasteiger partial charge < -0.3 is 19.5 Å². The van der Waals surface area contributed by atoms with Crippen LogP contribution in [0.4, 0.5) is 0 Å². The van der Waals surface area contributed by atoms with Crippen LogP contribution in [-0.4, -0.2) is 66.9 Å². The fourth-order valence-corrected chi connectivity index (χ4v) is 3.87. The van der Waals surface area contributed by atoms with Crippen molar-refractivity contribution in [3.05, 3.63) is 58.4 Å². The predicted octanol–water partition coefficient (Wildman–Crippen LogP) is 1.03. The minimum absolute atomic E-state index is 0.0256. The lowest BCUT2D eigenvalue weighted by Gasteiger charge is -2.32. The van der Waals surface area contributed by atoms with E-state index in [0.717, 1.165) is 4.90 Å². The largest absolute Gasteiger partial charge is 0.462 e. The number of ketones is 1. The number of Topliss-reactive ketones (excluding diaryl/α,β-unsaturated/α-hetero) is 1. The molecular formula is C22H28N3O4+. The van der Waals surface area contributed by atoms with Gasteiger partial charge in [-0.25, -0.2) is 4.79 Å². The number of quaternary nitrogens is 1. The lowest BCUT2D eigenvalue weighted by Crippen LogP contribution is -3.15. The van der Waals surface area contributed by atoms with E-state index in [2.05, 4.69) is 4.98 Å². The molecule has 0 aliphatic carbocycles. The van der Waals surface area contributed by atoms with Gasteiger partial charge in [0.2, 0.25) is 5.78 Å². The second-order valence-corrected chi connectivity index (χ2v) is 7.35. The van der Waals surface area contributed by atoms with E-state index in [1.165, 1.54) is 0 Å². The SMILES string of the molecule is CCOC(=O)c1c(C)[nH]c(C)c1C(=O)C[NH+]1CCN(C(=O)c2ccccc2)CC1. The monoisotopic (exact) mass is 398 g/mol. The normalized spacial score (nSPS) is 14.7. The van der Waals surface area contributed by atoms with Crippen molar-refractivity contribution in [3.63, 3.8) is 0 Å². The van der Waals surface area contributed by atoms with Crippen LogP contribution in [0.3, 0.4) is 0 Å². The molecule has 0 spiro atoms. The smallest absolute Gasteiger partial charge is 0.340 e. The Morgan fingerprint density at radius 1 is 1.03 bits per heavy atom. The number of amides is 1. The van der Waals surface area contributed by atoms with Crippen molar-refractivity contribution in [2.24, 2.45) is 0 Å². The number of H-pyrrole nitrogens is 1. The first-order chi connectivity index (χ1) is 13.9.